The first-order valence-electron chi connectivity index (χ1n) is 3.20. The zero-order valence-electron chi connectivity index (χ0n) is 6.65. The normalized spacial score (nSPS) is 10.6. The van der Waals surface area contributed by atoms with E-state index < -0.39 is 0 Å². The summed E-state index contributed by atoms with van der Waals surface area (Å²) in [5.74, 6) is 0.0781. The molecule has 0 aromatic heterocycles. The minimum atomic E-state index is -0.0506. The van der Waals surface area contributed by atoms with E-state index in [-0.39, 0.29) is 25.6 Å². The van der Waals surface area contributed by atoms with Gasteiger partial charge < -0.3 is 19.7 Å². The molecule has 0 aromatic rings. The summed E-state index contributed by atoms with van der Waals surface area (Å²) >= 11 is 0. The third-order valence-corrected chi connectivity index (χ3v) is 0.832. The highest BCUT2D eigenvalue weighted by atomic mass is 16.6. The molecule has 0 heterocycles. The fourth-order valence-electron chi connectivity index (χ4n) is 0.467. The van der Waals surface area contributed by atoms with Crippen LogP contribution in [0.1, 0.15) is 0 Å². The Balaban J connectivity index is 3.70. The average Bonchev–Trinajstić information content (AvgIpc) is 2.06. The highest BCUT2D eigenvalue weighted by molar-refractivity contribution is 5.82. The van der Waals surface area contributed by atoms with Crippen LogP contribution < -0.4 is 5.43 Å². The molecule has 0 spiro atoms. The van der Waals surface area contributed by atoms with Crippen LogP contribution in [0.5, 0.6) is 0 Å². The molecular weight excluding hydrogens is 164 g/mol. The van der Waals surface area contributed by atoms with Crippen molar-refractivity contribution in [2.75, 3.05) is 20.3 Å². The van der Waals surface area contributed by atoms with Gasteiger partial charge in [0, 0.05) is 7.05 Å². The SMILES string of the molecule is CN/N=C(/COCC=O)OC=O. The lowest BCUT2D eigenvalue weighted by Gasteiger charge is -2.01. The lowest BCUT2D eigenvalue weighted by molar-refractivity contribution is -0.122. The number of hydrazone groups is 1. The van der Waals surface area contributed by atoms with Crippen LogP contribution in [0, 0.1) is 0 Å². The second-order valence-electron chi connectivity index (χ2n) is 1.63. The van der Waals surface area contributed by atoms with Crippen molar-refractivity contribution >= 4 is 18.7 Å². The molecule has 0 radical (unpaired) electrons. The van der Waals surface area contributed by atoms with Gasteiger partial charge >= 0.3 is 0 Å². The van der Waals surface area contributed by atoms with E-state index in [0.717, 1.165) is 0 Å². The van der Waals surface area contributed by atoms with Crippen LogP contribution >= 0.6 is 0 Å². The molecule has 68 valence electrons. The molecule has 0 aliphatic carbocycles. The van der Waals surface area contributed by atoms with Crippen molar-refractivity contribution in [3.05, 3.63) is 0 Å². The topological polar surface area (TPSA) is 77.0 Å². The molecule has 0 aliphatic heterocycles. The summed E-state index contributed by atoms with van der Waals surface area (Å²) in [5.41, 5.74) is 2.42. The molecule has 6 heteroatoms. The Morgan fingerprint density at radius 2 is 2.33 bits per heavy atom. The molecule has 12 heavy (non-hydrogen) atoms. The first-order valence-corrected chi connectivity index (χ1v) is 3.20. The monoisotopic (exact) mass is 174 g/mol. The number of carbonyl (C=O) groups excluding carboxylic acids is 2. The van der Waals surface area contributed by atoms with Crippen LogP contribution in [0.25, 0.3) is 0 Å². The molecule has 0 aromatic carbocycles. The summed E-state index contributed by atoms with van der Waals surface area (Å²) in [6, 6.07) is 0. The zero-order chi connectivity index (χ0) is 9.23. The molecular formula is C6H10N2O4. The van der Waals surface area contributed by atoms with Crippen molar-refractivity contribution < 1.29 is 19.1 Å². The highest BCUT2D eigenvalue weighted by Crippen LogP contribution is 1.80. The van der Waals surface area contributed by atoms with Crippen LogP contribution in [0.15, 0.2) is 5.10 Å². The second-order valence-corrected chi connectivity index (χ2v) is 1.63. The fourth-order valence-corrected chi connectivity index (χ4v) is 0.467. The molecule has 0 fully saturated rings. The van der Waals surface area contributed by atoms with Crippen LogP contribution in [-0.2, 0) is 19.1 Å². The van der Waals surface area contributed by atoms with Crippen LogP contribution in [-0.4, -0.2) is 38.9 Å². The van der Waals surface area contributed by atoms with Gasteiger partial charge in [-0.25, -0.2) is 0 Å². The quantitative estimate of drug-likeness (QED) is 0.182. The number of carbonyl (C=O) groups is 2. The van der Waals surface area contributed by atoms with E-state index in [1.54, 1.807) is 7.05 Å². The molecule has 0 saturated heterocycles. The Kier molecular flexibility index (Phi) is 6.76. The van der Waals surface area contributed by atoms with E-state index in [0.29, 0.717) is 6.29 Å². The maximum Gasteiger partial charge on any atom is 0.299 e. The van der Waals surface area contributed by atoms with Crippen molar-refractivity contribution in [1.82, 2.24) is 5.43 Å². The Hall–Kier alpha value is -1.43. The number of hydrogen-bond donors (Lipinski definition) is 1. The molecule has 0 atom stereocenters. The zero-order valence-corrected chi connectivity index (χ0v) is 6.65. The van der Waals surface area contributed by atoms with Gasteiger partial charge in [-0.15, -0.1) is 5.10 Å². The molecule has 0 saturated carbocycles. The number of rotatable bonds is 6. The summed E-state index contributed by atoms with van der Waals surface area (Å²) < 4.78 is 9.12. The Labute approximate surface area is 69.5 Å². The minimum Gasteiger partial charge on any atom is -0.410 e. The molecule has 6 nitrogen and oxygen atoms in total. The Morgan fingerprint density at radius 3 is 2.83 bits per heavy atom. The van der Waals surface area contributed by atoms with E-state index in [4.69, 9.17) is 4.74 Å². The average molecular weight is 174 g/mol. The van der Waals surface area contributed by atoms with Gasteiger partial charge in [0.1, 0.15) is 19.5 Å². The van der Waals surface area contributed by atoms with Gasteiger partial charge in [0.15, 0.2) is 0 Å². The highest BCUT2D eigenvalue weighted by Gasteiger charge is 1.98. The lowest BCUT2D eigenvalue weighted by Crippen LogP contribution is -2.16. The predicted octanol–water partition coefficient (Wildman–Crippen LogP) is -1.09. The first-order chi connectivity index (χ1) is 5.85. The van der Waals surface area contributed by atoms with E-state index >= 15 is 0 Å². The summed E-state index contributed by atoms with van der Waals surface area (Å²) in [7, 11) is 1.55. The molecule has 0 amide bonds. The van der Waals surface area contributed by atoms with Gasteiger partial charge in [-0.2, -0.15) is 0 Å². The number of nitrogens with one attached hydrogen (secondary N) is 1. The third kappa shape index (κ3) is 5.36. The molecule has 0 aliphatic rings. The number of nitrogens with zero attached hydrogens (tertiary/aromatic N) is 1. The van der Waals surface area contributed by atoms with Gasteiger partial charge in [0.25, 0.3) is 6.47 Å². The largest absolute Gasteiger partial charge is 0.410 e. The molecule has 0 rings (SSSR count). The number of ether oxygens (including phenoxy) is 2. The maximum absolute atomic E-state index is 9.87. The molecule has 0 unspecified atom stereocenters. The van der Waals surface area contributed by atoms with E-state index in [1.807, 2.05) is 0 Å². The summed E-state index contributed by atoms with van der Waals surface area (Å²) in [4.78, 5) is 19.7. The summed E-state index contributed by atoms with van der Waals surface area (Å²) in [6.45, 7) is 0.170. The van der Waals surface area contributed by atoms with Gasteiger partial charge in [0.2, 0.25) is 5.90 Å². The second kappa shape index (κ2) is 7.67. The van der Waals surface area contributed by atoms with Gasteiger partial charge in [-0.1, -0.05) is 0 Å². The van der Waals surface area contributed by atoms with Crippen molar-refractivity contribution in [2.45, 2.75) is 0 Å². The summed E-state index contributed by atoms with van der Waals surface area (Å²) in [6.07, 6.45) is 0.595. The van der Waals surface area contributed by atoms with Crippen molar-refractivity contribution in [2.24, 2.45) is 5.10 Å². The van der Waals surface area contributed by atoms with Crippen LogP contribution in [0.2, 0.25) is 0 Å². The predicted molar refractivity (Wildman–Crippen MR) is 40.5 cm³/mol. The van der Waals surface area contributed by atoms with E-state index in [2.05, 4.69) is 15.3 Å². The molecule has 1 N–H and O–H groups in total. The lowest BCUT2D eigenvalue weighted by atomic mass is 10.7. The Morgan fingerprint density at radius 1 is 1.58 bits per heavy atom. The maximum atomic E-state index is 9.87. The van der Waals surface area contributed by atoms with Crippen LogP contribution in [0.3, 0.4) is 0 Å². The third-order valence-electron chi connectivity index (χ3n) is 0.832. The van der Waals surface area contributed by atoms with Gasteiger partial charge in [-0.05, 0) is 0 Å². The van der Waals surface area contributed by atoms with Gasteiger partial charge in [-0.3, -0.25) is 4.79 Å². The van der Waals surface area contributed by atoms with Crippen molar-refractivity contribution in [3.63, 3.8) is 0 Å². The van der Waals surface area contributed by atoms with Crippen LogP contribution in [0.4, 0.5) is 0 Å². The van der Waals surface area contributed by atoms with Crippen molar-refractivity contribution in [3.8, 4) is 0 Å². The smallest absolute Gasteiger partial charge is 0.299 e. The van der Waals surface area contributed by atoms with Crippen molar-refractivity contribution in [1.29, 1.82) is 0 Å². The van der Waals surface area contributed by atoms with E-state index in [9.17, 15) is 9.59 Å². The standard InChI is InChI=1S/C6H10N2O4/c1-7-8-6(12-5-10)4-11-3-2-9/h2,5,7H,3-4H2,1H3/b8-6-. The Bertz CT molecular complexity index is 169. The number of hydrogen-bond acceptors (Lipinski definition) is 6. The fraction of sp³-hybridized carbons (Fsp3) is 0.500. The first kappa shape index (κ1) is 10.6. The number of aldehydes is 1. The minimum absolute atomic E-state index is 0.0156. The van der Waals surface area contributed by atoms with Gasteiger partial charge in [0.05, 0.1) is 0 Å². The molecule has 0 bridgehead atoms. The summed E-state index contributed by atoms with van der Waals surface area (Å²) in [5, 5.41) is 3.56. The van der Waals surface area contributed by atoms with E-state index in [1.165, 1.54) is 0 Å².